The van der Waals surface area contributed by atoms with Crippen molar-refractivity contribution in [1.82, 2.24) is 19.9 Å². The van der Waals surface area contributed by atoms with E-state index < -0.39 is 0 Å². The molecule has 0 spiro atoms. The molecule has 1 N–H and O–H groups in total. The minimum atomic E-state index is -0.0847. The van der Waals surface area contributed by atoms with E-state index in [4.69, 9.17) is 0 Å². The lowest BCUT2D eigenvalue weighted by atomic mass is 10.3. The number of nitrogens with zero attached hydrogens (tertiary/aromatic N) is 5. The Hall–Kier alpha value is -2.06. The van der Waals surface area contributed by atoms with Gasteiger partial charge in [0.2, 0.25) is 5.91 Å². The van der Waals surface area contributed by atoms with E-state index in [1.54, 1.807) is 18.6 Å². The summed E-state index contributed by atoms with van der Waals surface area (Å²) in [6, 6.07) is 0. The van der Waals surface area contributed by atoms with E-state index >= 15 is 0 Å². The maximum absolute atomic E-state index is 11.0. The van der Waals surface area contributed by atoms with Gasteiger partial charge in [-0.2, -0.15) is 0 Å². The first kappa shape index (κ1) is 14.9. The number of hydrogen-bond donors (Lipinski definition) is 1. The number of anilines is 2. The van der Waals surface area contributed by atoms with E-state index in [1.165, 1.54) is 18.3 Å². The Kier molecular flexibility index (Phi) is 4.59. The van der Waals surface area contributed by atoms with Gasteiger partial charge in [-0.15, -0.1) is 11.3 Å². The zero-order valence-electron chi connectivity index (χ0n) is 12.4. The predicted octanol–water partition coefficient (Wildman–Crippen LogP) is 1.21. The zero-order valence-corrected chi connectivity index (χ0v) is 13.2. The molecule has 0 unspecified atom stereocenters. The molecule has 0 bridgehead atoms. The summed E-state index contributed by atoms with van der Waals surface area (Å²) in [5.74, 6) is 0.849. The van der Waals surface area contributed by atoms with Gasteiger partial charge in [0.15, 0.2) is 5.13 Å². The van der Waals surface area contributed by atoms with Crippen molar-refractivity contribution in [3.63, 3.8) is 0 Å². The van der Waals surface area contributed by atoms with Crippen molar-refractivity contribution in [2.24, 2.45) is 0 Å². The van der Waals surface area contributed by atoms with Crippen LogP contribution < -0.4 is 10.2 Å². The Morgan fingerprint density at radius 3 is 2.82 bits per heavy atom. The lowest BCUT2D eigenvalue weighted by Crippen LogP contribution is -2.46. The number of carbonyl (C=O) groups excluding carboxylic acids is 1. The van der Waals surface area contributed by atoms with Crippen LogP contribution in [-0.2, 0) is 11.3 Å². The lowest BCUT2D eigenvalue weighted by Gasteiger charge is -2.34. The molecular formula is C14H18N6OS. The molecule has 0 atom stereocenters. The second-order valence-electron chi connectivity index (χ2n) is 5.15. The number of thiazole rings is 1. The predicted molar refractivity (Wildman–Crippen MR) is 85.9 cm³/mol. The molecule has 8 heteroatoms. The van der Waals surface area contributed by atoms with Crippen LogP contribution in [0.4, 0.5) is 10.9 Å². The fraction of sp³-hybridized carbons (Fsp3) is 0.429. The summed E-state index contributed by atoms with van der Waals surface area (Å²) in [6.45, 7) is 6.09. The van der Waals surface area contributed by atoms with E-state index in [9.17, 15) is 4.79 Å². The Morgan fingerprint density at radius 2 is 2.14 bits per heavy atom. The van der Waals surface area contributed by atoms with E-state index in [0.29, 0.717) is 5.13 Å². The van der Waals surface area contributed by atoms with E-state index in [1.807, 2.05) is 5.38 Å². The van der Waals surface area contributed by atoms with Gasteiger partial charge in [-0.3, -0.25) is 14.7 Å². The molecule has 1 fully saturated rings. The third-order valence-corrected chi connectivity index (χ3v) is 4.27. The highest BCUT2D eigenvalue weighted by Gasteiger charge is 2.19. The first-order valence-electron chi connectivity index (χ1n) is 7.16. The van der Waals surface area contributed by atoms with Crippen molar-refractivity contribution >= 4 is 28.2 Å². The van der Waals surface area contributed by atoms with Crippen LogP contribution in [0.25, 0.3) is 0 Å². The maximum atomic E-state index is 11.0. The van der Waals surface area contributed by atoms with Gasteiger partial charge in [-0.05, 0) is 0 Å². The summed E-state index contributed by atoms with van der Waals surface area (Å²) in [4.78, 5) is 28.5. The molecule has 3 rings (SSSR count). The van der Waals surface area contributed by atoms with Crippen molar-refractivity contribution < 1.29 is 4.79 Å². The summed E-state index contributed by atoms with van der Waals surface area (Å²) in [5, 5.41) is 5.39. The Labute approximate surface area is 133 Å². The second kappa shape index (κ2) is 6.80. The topological polar surface area (TPSA) is 74.2 Å². The number of amides is 1. The van der Waals surface area contributed by atoms with Gasteiger partial charge in [0.1, 0.15) is 5.82 Å². The molecule has 0 radical (unpaired) electrons. The molecule has 0 aliphatic carbocycles. The van der Waals surface area contributed by atoms with Crippen molar-refractivity contribution in [3.05, 3.63) is 29.7 Å². The van der Waals surface area contributed by atoms with Crippen LogP contribution in [0.15, 0.2) is 24.0 Å². The molecule has 1 amide bonds. The fourth-order valence-electron chi connectivity index (χ4n) is 2.41. The lowest BCUT2D eigenvalue weighted by molar-refractivity contribution is -0.114. The normalized spacial score (nSPS) is 15.8. The monoisotopic (exact) mass is 318 g/mol. The third-order valence-electron chi connectivity index (χ3n) is 3.47. The molecule has 7 nitrogen and oxygen atoms in total. The number of carbonyl (C=O) groups is 1. The molecule has 2 aromatic heterocycles. The minimum absolute atomic E-state index is 0.0847. The van der Waals surface area contributed by atoms with Gasteiger partial charge in [0.25, 0.3) is 0 Å². The number of nitrogens with one attached hydrogen (secondary N) is 1. The smallest absolute Gasteiger partial charge is 0.223 e. The van der Waals surface area contributed by atoms with E-state index in [2.05, 4.69) is 30.1 Å². The standard InChI is InChI=1S/C14H18N6OS/c1-11(21)17-14-18-12(10-22-14)9-19-4-6-20(7-5-19)13-8-15-2-3-16-13/h2-3,8,10H,4-7,9H2,1H3,(H,17,18,21). The average Bonchev–Trinajstić information content (AvgIpc) is 2.95. The van der Waals surface area contributed by atoms with Crippen LogP contribution in [-0.4, -0.2) is 51.9 Å². The molecule has 22 heavy (non-hydrogen) atoms. The summed E-state index contributed by atoms with van der Waals surface area (Å²) in [5.41, 5.74) is 1.00. The quantitative estimate of drug-likeness (QED) is 0.913. The Balaban J connectivity index is 1.51. The van der Waals surface area contributed by atoms with Crippen LogP contribution in [0.5, 0.6) is 0 Å². The van der Waals surface area contributed by atoms with Gasteiger partial charge >= 0.3 is 0 Å². The molecule has 0 aromatic carbocycles. The largest absolute Gasteiger partial charge is 0.353 e. The Morgan fingerprint density at radius 1 is 1.32 bits per heavy atom. The van der Waals surface area contributed by atoms with Crippen LogP contribution in [0, 0.1) is 0 Å². The third kappa shape index (κ3) is 3.77. The molecule has 3 heterocycles. The van der Waals surface area contributed by atoms with E-state index in [0.717, 1.165) is 44.2 Å². The number of rotatable bonds is 4. The highest BCUT2D eigenvalue weighted by atomic mass is 32.1. The molecule has 0 saturated carbocycles. The average molecular weight is 318 g/mol. The first-order chi connectivity index (χ1) is 10.7. The van der Waals surface area contributed by atoms with Crippen LogP contribution >= 0.6 is 11.3 Å². The SMILES string of the molecule is CC(=O)Nc1nc(CN2CCN(c3cnccn3)CC2)cs1. The van der Waals surface area contributed by atoms with Gasteiger partial charge in [-0.1, -0.05) is 0 Å². The minimum Gasteiger partial charge on any atom is -0.353 e. The number of aromatic nitrogens is 3. The molecule has 116 valence electrons. The van der Waals surface area contributed by atoms with Crippen LogP contribution in [0.2, 0.25) is 0 Å². The highest BCUT2D eigenvalue weighted by molar-refractivity contribution is 7.13. The molecule has 1 saturated heterocycles. The number of hydrogen-bond acceptors (Lipinski definition) is 7. The summed E-state index contributed by atoms with van der Waals surface area (Å²) in [6.07, 6.45) is 5.21. The van der Waals surface area contributed by atoms with Gasteiger partial charge < -0.3 is 10.2 Å². The number of piperazine rings is 1. The Bertz CT molecular complexity index is 623. The van der Waals surface area contributed by atoms with Gasteiger partial charge in [0, 0.05) is 57.4 Å². The van der Waals surface area contributed by atoms with Crippen LogP contribution in [0.3, 0.4) is 0 Å². The first-order valence-corrected chi connectivity index (χ1v) is 8.04. The summed E-state index contributed by atoms with van der Waals surface area (Å²) >= 11 is 1.47. The summed E-state index contributed by atoms with van der Waals surface area (Å²) < 4.78 is 0. The molecule has 1 aliphatic heterocycles. The van der Waals surface area contributed by atoms with Crippen molar-refractivity contribution in [1.29, 1.82) is 0 Å². The molecule has 2 aromatic rings. The van der Waals surface area contributed by atoms with Crippen molar-refractivity contribution in [3.8, 4) is 0 Å². The van der Waals surface area contributed by atoms with Crippen molar-refractivity contribution in [2.45, 2.75) is 13.5 Å². The van der Waals surface area contributed by atoms with Crippen molar-refractivity contribution in [2.75, 3.05) is 36.4 Å². The molecular weight excluding hydrogens is 300 g/mol. The fourth-order valence-corrected chi connectivity index (χ4v) is 3.15. The highest BCUT2D eigenvalue weighted by Crippen LogP contribution is 2.18. The molecule has 1 aliphatic rings. The van der Waals surface area contributed by atoms with Gasteiger partial charge in [-0.25, -0.2) is 9.97 Å². The zero-order chi connectivity index (χ0) is 15.4. The van der Waals surface area contributed by atoms with E-state index in [-0.39, 0.29) is 5.91 Å². The van der Waals surface area contributed by atoms with Crippen LogP contribution in [0.1, 0.15) is 12.6 Å². The second-order valence-corrected chi connectivity index (χ2v) is 6.01. The maximum Gasteiger partial charge on any atom is 0.223 e. The summed E-state index contributed by atoms with van der Waals surface area (Å²) in [7, 11) is 0. The van der Waals surface area contributed by atoms with Gasteiger partial charge in [0.05, 0.1) is 11.9 Å².